The van der Waals surface area contributed by atoms with E-state index in [9.17, 15) is 0 Å². The highest BCUT2D eigenvalue weighted by molar-refractivity contribution is 5.31. The lowest BCUT2D eigenvalue weighted by Gasteiger charge is -2.26. The molecule has 0 amide bonds. The summed E-state index contributed by atoms with van der Waals surface area (Å²) < 4.78 is 5.62. The molecule has 3 rings (SSSR count). The molecule has 1 aromatic carbocycles. The summed E-state index contributed by atoms with van der Waals surface area (Å²) in [4.78, 5) is 4.02. The fraction of sp³-hybridized carbons (Fsp3) is 0.267. The summed E-state index contributed by atoms with van der Waals surface area (Å²) in [5.41, 5.74) is 3.89. The first-order chi connectivity index (χ1) is 8.93. The Morgan fingerprint density at radius 1 is 1.17 bits per heavy atom. The molecular formula is C15H16N2O. The van der Waals surface area contributed by atoms with Crippen molar-refractivity contribution in [1.29, 1.82) is 0 Å². The third-order valence-corrected chi connectivity index (χ3v) is 3.27. The molecule has 3 heteroatoms. The molecule has 0 saturated heterocycles. The molecular weight excluding hydrogens is 224 g/mol. The molecule has 2 aromatic rings. The lowest BCUT2D eigenvalue weighted by Crippen LogP contribution is -2.29. The van der Waals surface area contributed by atoms with Gasteiger partial charge in [0.2, 0.25) is 0 Å². The number of fused-ring (bicyclic) bond motifs is 1. The van der Waals surface area contributed by atoms with Crippen molar-refractivity contribution < 1.29 is 4.74 Å². The minimum Gasteiger partial charge on any atom is -0.375 e. The standard InChI is InChI=1S/C15H16N2O/c1-2-4-14-13(3-1)10-18-11-15(14)17-9-12-5-7-16-8-6-12/h1-8,15,17H,9-11H2. The number of benzene rings is 1. The lowest BCUT2D eigenvalue weighted by atomic mass is 9.99. The van der Waals surface area contributed by atoms with E-state index in [1.54, 1.807) is 0 Å². The maximum absolute atomic E-state index is 5.62. The van der Waals surface area contributed by atoms with Crippen molar-refractivity contribution in [3.8, 4) is 0 Å². The van der Waals surface area contributed by atoms with Gasteiger partial charge in [-0.25, -0.2) is 0 Å². The van der Waals surface area contributed by atoms with E-state index in [-0.39, 0.29) is 6.04 Å². The average molecular weight is 240 g/mol. The van der Waals surface area contributed by atoms with Crippen LogP contribution in [0.15, 0.2) is 48.8 Å². The number of nitrogens with zero attached hydrogens (tertiary/aromatic N) is 1. The van der Waals surface area contributed by atoms with Crippen molar-refractivity contribution in [2.24, 2.45) is 0 Å². The van der Waals surface area contributed by atoms with Gasteiger partial charge in [-0.2, -0.15) is 0 Å². The molecule has 3 nitrogen and oxygen atoms in total. The minimum atomic E-state index is 0.281. The number of hydrogen-bond acceptors (Lipinski definition) is 3. The average Bonchev–Trinajstić information content (AvgIpc) is 2.46. The summed E-state index contributed by atoms with van der Waals surface area (Å²) in [6.07, 6.45) is 3.64. The van der Waals surface area contributed by atoms with E-state index in [1.807, 2.05) is 24.5 Å². The highest BCUT2D eigenvalue weighted by Crippen LogP contribution is 2.24. The highest BCUT2D eigenvalue weighted by Gasteiger charge is 2.19. The molecule has 0 aliphatic carbocycles. The van der Waals surface area contributed by atoms with Crippen LogP contribution in [0.5, 0.6) is 0 Å². The molecule has 1 aliphatic heterocycles. The van der Waals surface area contributed by atoms with E-state index in [4.69, 9.17) is 4.74 Å². The van der Waals surface area contributed by atoms with Crippen molar-refractivity contribution >= 4 is 0 Å². The number of nitrogens with one attached hydrogen (secondary N) is 1. The van der Waals surface area contributed by atoms with Crippen LogP contribution in [0, 0.1) is 0 Å². The van der Waals surface area contributed by atoms with E-state index >= 15 is 0 Å². The molecule has 1 N–H and O–H groups in total. The van der Waals surface area contributed by atoms with Crippen molar-refractivity contribution in [3.05, 3.63) is 65.5 Å². The summed E-state index contributed by atoms with van der Waals surface area (Å²) in [6.45, 7) is 2.30. The van der Waals surface area contributed by atoms with Crippen molar-refractivity contribution in [2.75, 3.05) is 6.61 Å². The first-order valence-electron chi connectivity index (χ1n) is 6.21. The molecule has 0 bridgehead atoms. The molecule has 1 unspecified atom stereocenters. The van der Waals surface area contributed by atoms with Crippen LogP contribution in [0.4, 0.5) is 0 Å². The molecule has 0 saturated carbocycles. The maximum atomic E-state index is 5.62. The van der Waals surface area contributed by atoms with Crippen LogP contribution >= 0.6 is 0 Å². The Morgan fingerprint density at radius 3 is 2.89 bits per heavy atom. The Kier molecular flexibility index (Phi) is 3.35. The zero-order valence-corrected chi connectivity index (χ0v) is 10.2. The topological polar surface area (TPSA) is 34.1 Å². The van der Waals surface area contributed by atoms with Crippen LogP contribution in [0.25, 0.3) is 0 Å². The molecule has 92 valence electrons. The Labute approximate surface area is 107 Å². The molecule has 1 aromatic heterocycles. The Morgan fingerprint density at radius 2 is 2.00 bits per heavy atom. The van der Waals surface area contributed by atoms with E-state index in [1.165, 1.54) is 16.7 Å². The largest absolute Gasteiger partial charge is 0.375 e. The monoisotopic (exact) mass is 240 g/mol. The molecule has 1 aliphatic rings. The van der Waals surface area contributed by atoms with Crippen LogP contribution in [0.1, 0.15) is 22.7 Å². The van der Waals surface area contributed by atoms with E-state index < -0.39 is 0 Å². The number of hydrogen-bond donors (Lipinski definition) is 1. The van der Waals surface area contributed by atoms with Gasteiger partial charge in [-0.1, -0.05) is 24.3 Å². The summed E-state index contributed by atoms with van der Waals surface area (Å²) in [7, 11) is 0. The van der Waals surface area contributed by atoms with Gasteiger partial charge in [-0.3, -0.25) is 4.98 Å². The first-order valence-corrected chi connectivity index (χ1v) is 6.21. The van der Waals surface area contributed by atoms with Gasteiger partial charge in [0.05, 0.1) is 19.3 Å². The SMILES string of the molecule is c1ccc2c(c1)COCC2NCc1ccncc1. The summed E-state index contributed by atoms with van der Waals surface area (Å²) in [6, 6.07) is 12.8. The van der Waals surface area contributed by atoms with Crippen molar-refractivity contribution in [3.63, 3.8) is 0 Å². The number of ether oxygens (including phenoxy) is 1. The Hall–Kier alpha value is -1.71. The molecule has 0 spiro atoms. The first kappa shape index (κ1) is 11.4. The lowest BCUT2D eigenvalue weighted by molar-refractivity contribution is 0.0817. The number of pyridine rings is 1. The molecule has 18 heavy (non-hydrogen) atoms. The van der Waals surface area contributed by atoms with Crippen LogP contribution < -0.4 is 5.32 Å². The smallest absolute Gasteiger partial charge is 0.0721 e. The fourth-order valence-corrected chi connectivity index (χ4v) is 2.29. The van der Waals surface area contributed by atoms with Gasteiger partial charge in [0, 0.05) is 18.9 Å². The van der Waals surface area contributed by atoms with Gasteiger partial charge in [0.25, 0.3) is 0 Å². The zero-order chi connectivity index (χ0) is 12.2. The molecule has 0 radical (unpaired) electrons. The second-order valence-corrected chi connectivity index (χ2v) is 4.50. The van der Waals surface area contributed by atoms with Crippen LogP contribution in [-0.4, -0.2) is 11.6 Å². The van der Waals surface area contributed by atoms with Gasteiger partial charge in [0.15, 0.2) is 0 Å². The third kappa shape index (κ3) is 2.42. The van der Waals surface area contributed by atoms with Crippen molar-refractivity contribution in [2.45, 2.75) is 19.2 Å². The molecule has 0 fully saturated rings. The quantitative estimate of drug-likeness (QED) is 0.894. The normalized spacial score (nSPS) is 18.3. The highest BCUT2D eigenvalue weighted by atomic mass is 16.5. The fourth-order valence-electron chi connectivity index (χ4n) is 2.29. The summed E-state index contributed by atoms with van der Waals surface area (Å²) in [5.74, 6) is 0. The van der Waals surface area contributed by atoms with E-state index in [0.717, 1.165) is 19.8 Å². The predicted molar refractivity (Wildman–Crippen MR) is 69.9 cm³/mol. The number of rotatable bonds is 3. The second kappa shape index (κ2) is 5.29. The van der Waals surface area contributed by atoms with Gasteiger partial charge in [0.1, 0.15) is 0 Å². The summed E-state index contributed by atoms with van der Waals surface area (Å²) >= 11 is 0. The van der Waals surface area contributed by atoms with Gasteiger partial charge in [-0.15, -0.1) is 0 Å². The van der Waals surface area contributed by atoms with E-state index in [0.29, 0.717) is 0 Å². The van der Waals surface area contributed by atoms with Crippen LogP contribution in [0.2, 0.25) is 0 Å². The Bertz CT molecular complexity index is 513. The van der Waals surface area contributed by atoms with Crippen LogP contribution in [0.3, 0.4) is 0 Å². The van der Waals surface area contributed by atoms with Crippen molar-refractivity contribution in [1.82, 2.24) is 10.3 Å². The molecule has 2 heterocycles. The summed E-state index contributed by atoms with van der Waals surface area (Å²) in [5, 5.41) is 3.54. The van der Waals surface area contributed by atoms with Gasteiger partial charge in [-0.05, 0) is 28.8 Å². The van der Waals surface area contributed by atoms with Crippen LogP contribution in [-0.2, 0) is 17.9 Å². The predicted octanol–water partition coefficient (Wildman–Crippen LogP) is 2.44. The third-order valence-electron chi connectivity index (χ3n) is 3.27. The molecule has 1 atom stereocenters. The zero-order valence-electron chi connectivity index (χ0n) is 10.2. The minimum absolute atomic E-state index is 0.281. The van der Waals surface area contributed by atoms with E-state index in [2.05, 4.69) is 34.6 Å². The van der Waals surface area contributed by atoms with Gasteiger partial charge < -0.3 is 10.1 Å². The maximum Gasteiger partial charge on any atom is 0.0721 e. The number of aromatic nitrogens is 1. The second-order valence-electron chi connectivity index (χ2n) is 4.50. The Balaban J connectivity index is 1.71. The van der Waals surface area contributed by atoms with Gasteiger partial charge >= 0.3 is 0 Å².